The van der Waals surface area contributed by atoms with Gasteiger partial charge in [0.1, 0.15) is 24.6 Å². The van der Waals surface area contributed by atoms with Crippen LogP contribution in [0.25, 0.3) is 11.2 Å². The number of nitrogen functional groups attached to an aromatic ring is 1. The van der Waals surface area contributed by atoms with Crippen LogP contribution in [0.5, 0.6) is 0 Å². The summed E-state index contributed by atoms with van der Waals surface area (Å²) in [6.45, 7) is -0.705. The van der Waals surface area contributed by atoms with Gasteiger partial charge in [0, 0.05) is 0 Å². The summed E-state index contributed by atoms with van der Waals surface area (Å²) >= 11 is 0. The summed E-state index contributed by atoms with van der Waals surface area (Å²) in [7, 11) is 0. The molecule has 0 saturated carbocycles. The summed E-state index contributed by atoms with van der Waals surface area (Å²) in [4.78, 5) is 11.7. The molecule has 2 rings (SSSR count). The fourth-order valence-electron chi connectivity index (χ4n) is 1.31. The van der Waals surface area contributed by atoms with Crippen molar-refractivity contribution in [2.45, 2.75) is 12.6 Å². The van der Waals surface area contributed by atoms with Crippen LogP contribution in [0.4, 0.5) is 10.2 Å². The molecule has 0 aromatic carbocycles. The molecule has 0 radical (unpaired) electrons. The van der Waals surface area contributed by atoms with Gasteiger partial charge in [0.15, 0.2) is 11.5 Å². The zero-order valence-electron chi connectivity index (χ0n) is 7.84. The second kappa shape index (κ2) is 3.77. The molecule has 0 spiro atoms. The van der Waals surface area contributed by atoms with Crippen LogP contribution in [0.3, 0.4) is 0 Å². The first-order valence-corrected chi connectivity index (χ1v) is 4.37. The van der Waals surface area contributed by atoms with Crippen LogP contribution < -0.4 is 5.73 Å². The minimum Gasteiger partial charge on any atom is -0.389 e. The van der Waals surface area contributed by atoms with Crippen molar-refractivity contribution in [3.8, 4) is 0 Å². The van der Waals surface area contributed by atoms with Crippen molar-refractivity contribution in [3.63, 3.8) is 0 Å². The SMILES string of the molecule is Nc1ncnc2c1ncn2CC(O)CF. The van der Waals surface area contributed by atoms with E-state index in [4.69, 9.17) is 10.8 Å². The second-order valence-corrected chi connectivity index (χ2v) is 3.14. The summed E-state index contributed by atoms with van der Waals surface area (Å²) in [6, 6.07) is 0. The highest BCUT2D eigenvalue weighted by Gasteiger charge is 2.10. The maximum atomic E-state index is 12.1. The fourth-order valence-corrected chi connectivity index (χ4v) is 1.31. The second-order valence-electron chi connectivity index (χ2n) is 3.14. The Morgan fingerprint density at radius 2 is 2.27 bits per heavy atom. The van der Waals surface area contributed by atoms with Crippen molar-refractivity contribution >= 4 is 17.0 Å². The molecule has 0 bridgehead atoms. The van der Waals surface area contributed by atoms with Gasteiger partial charge in [-0.25, -0.2) is 19.3 Å². The van der Waals surface area contributed by atoms with Gasteiger partial charge in [-0.3, -0.25) is 0 Å². The predicted octanol–water partition coefficient (Wildman–Crippen LogP) is -0.261. The van der Waals surface area contributed by atoms with Crippen molar-refractivity contribution < 1.29 is 9.50 Å². The Kier molecular flexibility index (Phi) is 2.46. The molecule has 80 valence electrons. The Balaban J connectivity index is 2.41. The molecular formula is C8H10FN5O. The van der Waals surface area contributed by atoms with Gasteiger partial charge in [0.25, 0.3) is 0 Å². The first kappa shape index (κ1) is 9.78. The smallest absolute Gasteiger partial charge is 0.165 e. The van der Waals surface area contributed by atoms with E-state index in [0.717, 1.165) is 0 Å². The fraction of sp³-hybridized carbons (Fsp3) is 0.375. The van der Waals surface area contributed by atoms with Crippen molar-refractivity contribution in [1.29, 1.82) is 0 Å². The average molecular weight is 211 g/mol. The molecule has 0 saturated heterocycles. The molecule has 2 aromatic heterocycles. The van der Waals surface area contributed by atoms with Crippen LogP contribution in [-0.4, -0.2) is 37.4 Å². The average Bonchev–Trinajstić information content (AvgIpc) is 2.63. The van der Waals surface area contributed by atoms with E-state index >= 15 is 0 Å². The summed E-state index contributed by atoms with van der Waals surface area (Å²) in [5.74, 6) is 0.272. The van der Waals surface area contributed by atoms with E-state index in [-0.39, 0.29) is 12.4 Å². The van der Waals surface area contributed by atoms with Gasteiger partial charge in [0.05, 0.1) is 12.9 Å². The van der Waals surface area contributed by atoms with Crippen LogP contribution in [0.1, 0.15) is 0 Å². The number of halogens is 1. The summed E-state index contributed by atoms with van der Waals surface area (Å²) in [5.41, 5.74) is 6.53. The number of hydrogen-bond acceptors (Lipinski definition) is 5. The van der Waals surface area contributed by atoms with Crippen LogP contribution in [0, 0.1) is 0 Å². The molecule has 1 unspecified atom stereocenters. The van der Waals surface area contributed by atoms with Gasteiger partial charge < -0.3 is 15.4 Å². The number of alkyl halides is 1. The maximum absolute atomic E-state index is 12.1. The van der Waals surface area contributed by atoms with Crippen molar-refractivity contribution in [2.24, 2.45) is 0 Å². The summed E-state index contributed by atoms with van der Waals surface area (Å²) < 4.78 is 13.7. The first-order valence-electron chi connectivity index (χ1n) is 4.37. The summed E-state index contributed by atoms with van der Waals surface area (Å²) in [6.07, 6.45) is 1.70. The standard InChI is InChI=1S/C8H10FN5O/c9-1-5(15)2-14-4-13-6-7(10)11-3-12-8(6)14/h3-5,15H,1-2H2,(H2,10,11,12). The number of anilines is 1. The third kappa shape index (κ3) is 1.73. The third-order valence-electron chi connectivity index (χ3n) is 2.02. The number of aromatic nitrogens is 4. The lowest BCUT2D eigenvalue weighted by atomic mass is 10.4. The minimum absolute atomic E-state index is 0.101. The molecule has 1 atom stereocenters. The lowest BCUT2D eigenvalue weighted by Crippen LogP contribution is -2.17. The maximum Gasteiger partial charge on any atom is 0.165 e. The van der Waals surface area contributed by atoms with Gasteiger partial charge in [0.2, 0.25) is 0 Å². The Bertz CT molecular complexity index is 471. The van der Waals surface area contributed by atoms with Crippen LogP contribution in [0.2, 0.25) is 0 Å². The van der Waals surface area contributed by atoms with Gasteiger partial charge in [-0.15, -0.1) is 0 Å². The Hall–Kier alpha value is -1.76. The van der Waals surface area contributed by atoms with Crippen LogP contribution >= 0.6 is 0 Å². The number of rotatable bonds is 3. The highest BCUT2D eigenvalue weighted by Crippen LogP contribution is 2.14. The van der Waals surface area contributed by atoms with E-state index in [1.54, 1.807) is 0 Å². The number of nitrogens with zero attached hydrogens (tertiary/aromatic N) is 4. The normalized spacial score (nSPS) is 13.2. The van der Waals surface area contributed by atoms with Gasteiger partial charge in [-0.05, 0) is 0 Å². The Morgan fingerprint density at radius 1 is 1.47 bits per heavy atom. The molecule has 0 aliphatic rings. The van der Waals surface area contributed by atoms with E-state index < -0.39 is 12.8 Å². The number of aliphatic hydroxyl groups excluding tert-OH is 1. The lowest BCUT2D eigenvalue weighted by molar-refractivity contribution is 0.123. The lowest BCUT2D eigenvalue weighted by Gasteiger charge is -2.06. The molecule has 7 heteroatoms. The van der Waals surface area contributed by atoms with Crippen LogP contribution in [-0.2, 0) is 6.54 Å². The molecule has 0 fully saturated rings. The van der Waals surface area contributed by atoms with E-state index in [1.165, 1.54) is 17.2 Å². The minimum atomic E-state index is -1.06. The zero-order chi connectivity index (χ0) is 10.8. The zero-order valence-corrected chi connectivity index (χ0v) is 7.84. The molecule has 0 aliphatic carbocycles. The van der Waals surface area contributed by atoms with Crippen LogP contribution in [0.15, 0.2) is 12.7 Å². The van der Waals surface area contributed by atoms with E-state index in [1.807, 2.05) is 0 Å². The largest absolute Gasteiger partial charge is 0.389 e. The van der Waals surface area contributed by atoms with E-state index in [9.17, 15) is 4.39 Å². The molecule has 15 heavy (non-hydrogen) atoms. The summed E-state index contributed by atoms with van der Waals surface area (Å²) in [5, 5.41) is 9.16. The highest BCUT2D eigenvalue weighted by molar-refractivity contribution is 5.81. The third-order valence-corrected chi connectivity index (χ3v) is 2.02. The topological polar surface area (TPSA) is 89.9 Å². The number of nitrogens with two attached hydrogens (primary N) is 1. The van der Waals surface area contributed by atoms with Crippen molar-refractivity contribution in [3.05, 3.63) is 12.7 Å². The Labute approximate surface area is 84.6 Å². The molecule has 6 nitrogen and oxygen atoms in total. The van der Waals surface area contributed by atoms with Gasteiger partial charge in [-0.1, -0.05) is 0 Å². The van der Waals surface area contributed by atoms with Crippen molar-refractivity contribution in [2.75, 3.05) is 12.4 Å². The molecular weight excluding hydrogens is 201 g/mol. The number of aliphatic hydroxyl groups is 1. The Morgan fingerprint density at radius 3 is 3.00 bits per heavy atom. The first-order chi connectivity index (χ1) is 7.22. The number of imidazole rings is 1. The van der Waals surface area contributed by atoms with Crippen molar-refractivity contribution in [1.82, 2.24) is 19.5 Å². The van der Waals surface area contributed by atoms with Gasteiger partial charge in [-0.2, -0.15) is 0 Å². The number of hydrogen-bond donors (Lipinski definition) is 2. The molecule has 2 aromatic rings. The predicted molar refractivity (Wildman–Crippen MR) is 51.7 cm³/mol. The monoisotopic (exact) mass is 211 g/mol. The quantitative estimate of drug-likeness (QED) is 0.730. The van der Waals surface area contributed by atoms with E-state index in [2.05, 4.69) is 15.0 Å². The number of fused-ring (bicyclic) bond motifs is 1. The molecule has 0 aliphatic heterocycles. The highest BCUT2D eigenvalue weighted by atomic mass is 19.1. The molecule has 3 N–H and O–H groups in total. The van der Waals surface area contributed by atoms with E-state index in [0.29, 0.717) is 11.2 Å². The molecule has 2 heterocycles. The molecule has 0 amide bonds. The van der Waals surface area contributed by atoms with Gasteiger partial charge >= 0.3 is 0 Å².